The maximum absolute atomic E-state index is 13.1. The second kappa shape index (κ2) is 10.7. The zero-order chi connectivity index (χ0) is 26.7. The Bertz CT molecular complexity index is 1450. The van der Waals surface area contributed by atoms with Crippen LogP contribution in [0.1, 0.15) is 38.8 Å². The Kier molecular flexibility index (Phi) is 7.40. The number of rotatable bonds is 7. The molecule has 3 amide bonds. The van der Waals surface area contributed by atoms with Crippen molar-refractivity contribution in [1.82, 2.24) is 0 Å². The van der Waals surface area contributed by atoms with Crippen LogP contribution in [0.3, 0.4) is 0 Å². The Morgan fingerprint density at radius 3 is 2.24 bits per heavy atom. The molecule has 0 aliphatic carbocycles. The average molecular weight is 518 g/mol. The molecule has 0 saturated carbocycles. The summed E-state index contributed by atoms with van der Waals surface area (Å²) in [5.74, 6) is -2.25. The molecule has 188 valence electrons. The van der Waals surface area contributed by atoms with Crippen molar-refractivity contribution in [2.45, 2.75) is 20.8 Å². The first-order valence-electron chi connectivity index (χ1n) is 11.5. The number of benzene rings is 3. The van der Waals surface area contributed by atoms with Crippen LogP contribution in [0.4, 0.5) is 17.1 Å². The molecule has 1 heterocycles. The van der Waals surface area contributed by atoms with Crippen molar-refractivity contribution in [3.63, 3.8) is 0 Å². The van der Waals surface area contributed by atoms with Crippen LogP contribution in [-0.4, -0.2) is 30.3 Å². The van der Waals surface area contributed by atoms with E-state index in [1.165, 1.54) is 18.2 Å². The molecule has 0 bridgehead atoms. The van der Waals surface area contributed by atoms with Gasteiger partial charge in [-0.15, -0.1) is 0 Å². The summed E-state index contributed by atoms with van der Waals surface area (Å²) >= 11 is 6.22. The minimum atomic E-state index is -0.723. The topological polar surface area (TPSA) is 105 Å². The summed E-state index contributed by atoms with van der Waals surface area (Å²) in [7, 11) is 0. The third-order valence-electron chi connectivity index (χ3n) is 5.82. The third-order valence-corrected chi connectivity index (χ3v) is 6.17. The molecule has 37 heavy (non-hydrogen) atoms. The number of nitrogens with one attached hydrogen (secondary N) is 2. The molecule has 0 fully saturated rings. The van der Waals surface area contributed by atoms with Crippen molar-refractivity contribution in [3.05, 3.63) is 99.7 Å². The first-order chi connectivity index (χ1) is 17.7. The van der Waals surface area contributed by atoms with E-state index in [-0.39, 0.29) is 34.5 Å². The number of carbonyl (C=O) groups is 4. The third kappa shape index (κ3) is 5.39. The molecule has 0 saturated heterocycles. The number of hydrogen-bond donors (Lipinski definition) is 2. The summed E-state index contributed by atoms with van der Waals surface area (Å²) in [6.45, 7) is 5.84. The highest BCUT2D eigenvalue weighted by molar-refractivity contribution is 6.53. The predicted octanol–water partition coefficient (Wildman–Crippen LogP) is 5.17. The lowest BCUT2D eigenvalue weighted by Gasteiger charge is -2.16. The lowest BCUT2D eigenvalue weighted by molar-refractivity contribution is -0.120. The summed E-state index contributed by atoms with van der Waals surface area (Å²) in [6.07, 6.45) is 0. The highest BCUT2D eigenvalue weighted by Crippen LogP contribution is 2.31. The van der Waals surface area contributed by atoms with Gasteiger partial charge in [0.15, 0.2) is 0 Å². The van der Waals surface area contributed by atoms with Gasteiger partial charge in [-0.3, -0.25) is 14.4 Å². The number of esters is 1. The van der Waals surface area contributed by atoms with Crippen LogP contribution in [0.2, 0.25) is 0 Å². The molecular formula is C28H24ClN3O5. The fourth-order valence-electron chi connectivity index (χ4n) is 3.70. The van der Waals surface area contributed by atoms with Crippen molar-refractivity contribution >= 4 is 52.4 Å². The number of halogens is 1. The highest BCUT2D eigenvalue weighted by Gasteiger charge is 2.39. The molecule has 1 aliphatic rings. The number of hydrogen-bond acceptors (Lipinski definition) is 6. The molecule has 3 aromatic carbocycles. The number of imide groups is 1. The predicted molar refractivity (Wildman–Crippen MR) is 142 cm³/mol. The maximum atomic E-state index is 13.1. The van der Waals surface area contributed by atoms with Gasteiger partial charge in [0.05, 0.1) is 17.9 Å². The quantitative estimate of drug-likeness (QED) is 0.331. The van der Waals surface area contributed by atoms with Gasteiger partial charge in [0, 0.05) is 16.9 Å². The van der Waals surface area contributed by atoms with Gasteiger partial charge in [0.25, 0.3) is 17.7 Å². The van der Waals surface area contributed by atoms with E-state index in [1.54, 1.807) is 37.3 Å². The summed E-state index contributed by atoms with van der Waals surface area (Å²) in [5.41, 5.74) is 4.04. The van der Waals surface area contributed by atoms with E-state index in [9.17, 15) is 19.2 Å². The zero-order valence-corrected chi connectivity index (χ0v) is 21.2. The van der Waals surface area contributed by atoms with E-state index in [4.69, 9.17) is 16.3 Å². The Balaban J connectivity index is 1.48. The lowest BCUT2D eigenvalue weighted by Crippen LogP contribution is -2.32. The number of aryl methyl sites for hydroxylation is 2. The van der Waals surface area contributed by atoms with Crippen LogP contribution in [0.15, 0.2) is 77.5 Å². The van der Waals surface area contributed by atoms with Crippen LogP contribution in [0.25, 0.3) is 0 Å². The summed E-state index contributed by atoms with van der Waals surface area (Å²) in [4.78, 5) is 51.5. The summed E-state index contributed by atoms with van der Waals surface area (Å²) in [5, 5.41) is 5.44. The van der Waals surface area contributed by atoms with Gasteiger partial charge in [0.2, 0.25) is 0 Å². The Morgan fingerprint density at radius 2 is 1.57 bits per heavy atom. The fraction of sp³-hybridized carbons (Fsp3) is 0.143. The number of nitrogens with zero attached hydrogens (tertiary/aromatic N) is 1. The zero-order valence-electron chi connectivity index (χ0n) is 20.4. The van der Waals surface area contributed by atoms with Gasteiger partial charge in [0.1, 0.15) is 10.7 Å². The molecule has 0 atom stereocenters. The van der Waals surface area contributed by atoms with Crippen molar-refractivity contribution in [3.8, 4) is 0 Å². The summed E-state index contributed by atoms with van der Waals surface area (Å²) < 4.78 is 4.99. The van der Waals surface area contributed by atoms with Crippen LogP contribution in [0.5, 0.6) is 0 Å². The van der Waals surface area contributed by atoms with E-state index in [0.29, 0.717) is 16.9 Å². The van der Waals surface area contributed by atoms with Gasteiger partial charge >= 0.3 is 5.97 Å². The molecule has 3 aromatic rings. The normalized spacial score (nSPS) is 13.1. The monoisotopic (exact) mass is 517 g/mol. The molecule has 2 N–H and O–H groups in total. The first kappa shape index (κ1) is 25.7. The summed E-state index contributed by atoms with van der Waals surface area (Å²) in [6, 6.07) is 18.0. The van der Waals surface area contributed by atoms with Crippen LogP contribution in [-0.2, 0) is 14.3 Å². The van der Waals surface area contributed by atoms with E-state index in [2.05, 4.69) is 10.6 Å². The molecule has 0 aromatic heterocycles. The van der Waals surface area contributed by atoms with Crippen molar-refractivity contribution in [2.24, 2.45) is 0 Å². The van der Waals surface area contributed by atoms with E-state index in [1.807, 2.05) is 32.0 Å². The Morgan fingerprint density at radius 1 is 0.865 bits per heavy atom. The van der Waals surface area contributed by atoms with Crippen LogP contribution >= 0.6 is 11.6 Å². The average Bonchev–Trinajstić information content (AvgIpc) is 3.09. The molecule has 0 radical (unpaired) electrons. The van der Waals surface area contributed by atoms with Crippen molar-refractivity contribution in [2.75, 3.05) is 22.1 Å². The van der Waals surface area contributed by atoms with Crippen LogP contribution < -0.4 is 15.5 Å². The number of amides is 3. The molecule has 0 spiro atoms. The van der Waals surface area contributed by atoms with Crippen molar-refractivity contribution in [1.29, 1.82) is 0 Å². The first-order valence-corrected chi connectivity index (χ1v) is 11.9. The lowest BCUT2D eigenvalue weighted by atomic mass is 10.1. The standard InChI is InChI=1S/C28H24ClN3O5/c1-4-37-28(36)19-6-5-7-22(15-19)32-26(34)23(29)24(27(32)35)30-20-12-9-18(10-13-20)25(33)31-21-11-8-16(2)17(3)14-21/h5-15,30H,4H2,1-3H3,(H,31,33). The smallest absolute Gasteiger partial charge is 0.338 e. The minimum absolute atomic E-state index is 0.111. The molecule has 8 nitrogen and oxygen atoms in total. The van der Waals surface area contributed by atoms with Gasteiger partial charge in [-0.1, -0.05) is 23.7 Å². The Hall–Kier alpha value is -4.43. The molecule has 9 heteroatoms. The number of ether oxygens (including phenoxy) is 1. The Labute approximate surface area is 218 Å². The van der Waals surface area contributed by atoms with E-state index < -0.39 is 17.8 Å². The van der Waals surface area contributed by atoms with E-state index in [0.717, 1.165) is 16.0 Å². The second-order valence-corrected chi connectivity index (χ2v) is 8.74. The van der Waals surface area contributed by atoms with E-state index >= 15 is 0 Å². The SMILES string of the molecule is CCOC(=O)c1cccc(N2C(=O)C(Cl)=C(Nc3ccc(C(=O)Nc4ccc(C)c(C)c4)cc3)C2=O)c1. The van der Waals surface area contributed by atoms with Gasteiger partial charge in [-0.25, -0.2) is 9.69 Å². The van der Waals surface area contributed by atoms with Crippen molar-refractivity contribution < 1.29 is 23.9 Å². The number of anilines is 3. The second-order valence-electron chi connectivity index (χ2n) is 8.36. The van der Waals surface area contributed by atoms with Gasteiger partial charge < -0.3 is 15.4 Å². The molecule has 0 unspecified atom stereocenters. The minimum Gasteiger partial charge on any atom is -0.462 e. The van der Waals surface area contributed by atoms with Crippen LogP contribution in [0, 0.1) is 13.8 Å². The fourth-order valence-corrected chi connectivity index (χ4v) is 3.92. The molecule has 4 rings (SSSR count). The van der Waals surface area contributed by atoms with Gasteiger partial charge in [-0.05, 0) is 86.5 Å². The molecule has 1 aliphatic heterocycles. The number of carbonyl (C=O) groups excluding carboxylic acids is 4. The maximum Gasteiger partial charge on any atom is 0.338 e. The van der Waals surface area contributed by atoms with Gasteiger partial charge in [-0.2, -0.15) is 0 Å². The highest BCUT2D eigenvalue weighted by atomic mass is 35.5. The largest absolute Gasteiger partial charge is 0.462 e. The molecular weight excluding hydrogens is 494 g/mol.